The van der Waals surface area contributed by atoms with Gasteiger partial charge in [0, 0.05) is 18.9 Å². The van der Waals surface area contributed by atoms with Crippen LogP contribution in [-0.2, 0) is 9.59 Å². The largest absolute Gasteiger partial charge is 0.426 e. The van der Waals surface area contributed by atoms with Gasteiger partial charge in [-0.1, -0.05) is 54.4 Å². The van der Waals surface area contributed by atoms with Gasteiger partial charge in [-0.15, -0.1) is 0 Å². The van der Waals surface area contributed by atoms with E-state index < -0.39 is 0 Å². The molecule has 0 heterocycles. The van der Waals surface area contributed by atoms with E-state index in [1.807, 2.05) is 20.8 Å². The summed E-state index contributed by atoms with van der Waals surface area (Å²) in [4.78, 5) is 23.9. The molecule has 2 atom stereocenters. The molecule has 0 amide bonds. The van der Waals surface area contributed by atoms with Crippen LogP contribution in [0.5, 0.6) is 11.5 Å². The second-order valence-electron chi connectivity index (χ2n) is 7.03. The van der Waals surface area contributed by atoms with Crippen molar-refractivity contribution in [1.82, 2.24) is 0 Å². The highest BCUT2D eigenvalue weighted by Crippen LogP contribution is 2.24. The number of rotatable bonds is 10. The Bertz CT molecular complexity index is 519. The maximum absolute atomic E-state index is 12.0. The molecule has 0 saturated heterocycles. The molecule has 1 aromatic rings. The Balaban J connectivity index is 0.00000326. The van der Waals surface area contributed by atoms with Crippen LogP contribution in [-0.4, -0.2) is 11.9 Å². The van der Waals surface area contributed by atoms with Crippen LogP contribution in [0.1, 0.15) is 85.6 Å². The Morgan fingerprint density at radius 3 is 1.52 bits per heavy atom. The van der Waals surface area contributed by atoms with Gasteiger partial charge in [0.05, 0.1) is 0 Å². The fourth-order valence-corrected chi connectivity index (χ4v) is 2.33. The van der Waals surface area contributed by atoms with E-state index in [-0.39, 0.29) is 11.9 Å². The Labute approximate surface area is 165 Å². The molecule has 0 bridgehead atoms. The summed E-state index contributed by atoms with van der Waals surface area (Å²) >= 11 is 0. The number of hydrogen-bond donors (Lipinski definition) is 0. The maximum Gasteiger partial charge on any atom is 0.311 e. The molecule has 0 aliphatic rings. The molecule has 0 radical (unpaired) electrons. The van der Waals surface area contributed by atoms with Crippen molar-refractivity contribution in [1.29, 1.82) is 0 Å². The summed E-state index contributed by atoms with van der Waals surface area (Å²) in [6.45, 7) is 14.3. The molecule has 0 aromatic heterocycles. The van der Waals surface area contributed by atoms with Crippen molar-refractivity contribution < 1.29 is 19.1 Å². The van der Waals surface area contributed by atoms with E-state index in [0.717, 1.165) is 31.2 Å². The summed E-state index contributed by atoms with van der Waals surface area (Å²) in [6.07, 6.45) is 4.53. The molecule has 1 aromatic carbocycles. The maximum atomic E-state index is 12.0. The summed E-state index contributed by atoms with van der Waals surface area (Å²) in [5.74, 6) is 1.37. The lowest BCUT2D eigenvalue weighted by Crippen LogP contribution is -2.11. The van der Waals surface area contributed by atoms with Gasteiger partial charge < -0.3 is 9.47 Å². The lowest BCUT2D eigenvalue weighted by Gasteiger charge is -2.11. The number of hydrogen-bond acceptors (Lipinski definition) is 4. The SMILES string of the molecule is CC.CCC(C)CCC(=O)Oc1cc(C)cc(OC(=O)CCC(C)CC)c1. The Kier molecular flexibility index (Phi) is 13.3. The zero-order chi connectivity index (χ0) is 20.8. The van der Waals surface area contributed by atoms with Crippen LogP contribution in [0.15, 0.2) is 18.2 Å². The van der Waals surface area contributed by atoms with Crippen LogP contribution in [0.2, 0.25) is 0 Å². The van der Waals surface area contributed by atoms with Gasteiger partial charge in [0.2, 0.25) is 0 Å². The number of aryl methyl sites for hydroxylation is 1. The number of benzene rings is 1. The van der Waals surface area contributed by atoms with E-state index in [1.165, 1.54) is 0 Å². The summed E-state index contributed by atoms with van der Waals surface area (Å²) in [5, 5.41) is 0. The summed E-state index contributed by atoms with van der Waals surface area (Å²) in [7, 11) is 0. The molecule has 4 heteroatoms. The van der Waals surface area contributed by atoms with Crippen molar-refractivity contribution in [2.75, 3.05) is 0 Å². The topological polar surface area (TPSA) is 52.6 Å². The number of esters is 2. The van der Waals surface area contributed by atoms with Crippen LogP contribution >= 0.6 is 0 Å². The van der Waals surface area contributed by atoms with Crippen LogP contribution in [0, 0.1) is 18.8 Å². The van der Waals surface area contributed by atoms with Gasteiger partial charge in [0.15, 0.2) is 0 Å². The average molecular weight is 379 g/mol. The molecule has 0 aliphatic heterocycles. The van der Waals surface area contributed by atoms with Crippen LogP contribution in [0.4, 0.5) is 0 Å². The minimum absolute atomic E-state index is 0.250. The summed E-state index contributed by atoms with van der Waals surface area (Å²) < 4.78 is 10.8. The van der Waals surface area contributed by atoms with E-state index in [0.29, 0.717) is 36.2 Å². The molecule has 0 saturated carbocycles. The van der Waals surface area contributed by atoms with E-state index in [2.05, 4.69) is 27.7 Å². The minimum atomic E-state index is -0.250. The van der Waals surface area contributed by atoms with Crippen molar-refractivity contribution in [3.63, 3.8) is 0 Å². The van der Waals surface area contributed by atoms with E-state index in [9.17, 15) is 9.59 Å². The fourth-order valence-electron chi connectivity index (χ4n) is 2.33. The first-order chi connectivity index (χ1) is 12.8. The Morgan fingerprint density at radius 1 is 0.815 bits per heavy atom. The molecule has 27 heavy (non-hydrogen) atoms. The molecule has 154 valence electrons. The van der Waals surface area contributed by atoms with Crippen molar-refractivity contribution in [2.24, 2.45) is 11.8 Å². The predicted molar refractivity (Wildman–Crippen MR) is 111 cm³/mol. The number of carbonyl (C=O) groups is 2. The van der Waals surface area contributed by atoms with Crippen molar-refractivity contribution in [3.8, 4) is 11.5 Å². The molecule has 4 nitrogen and oxygen atoms in total. The second kappa shape index (κ2) is 14.2. The normalized spacial score (nSPS) is 12.4. The third-order valence-electron chi connectivity index (χ3n) is 4.56. The van der Waals surface area contributed by atoms with Crippen LogP contribution in [0.25, 0.3) is 0 Å². The molecule has 0 fully saturated rings. The van der Waals surface area contributed by atoms with Gasteiger partial charge in [0.25, 0.3) is 0 Å². The van der Waals surface area contributed by atoms with Crippen molar-refractivity contribution in [3.05, 3.63) is 23.8 Å². The first-order valence-electron chi connectivity index (χ1n) is 10.4. The Hall–Kier alpha value is -1.84. The first kappa shape index (κ1) is 25.2. The minimum Gasteiger partial charge on any atom is -0.426 e. The van der Waals surface area contributed by atoms with E-state index in [4.69, 9.17) is 9.47 Å². The standard InChI is InChI=1S/C21H32O4.C2H6/c1-6-15(3)8-10-20(22)24-18-12-17(5)13-19(14-18)25-21(23)11-9-16(4)7-2;1-2/h12-16H,6-11H2,1-5H3;1-2H3. The van der Waals surface area contributed by atoms with Gasteiger partial charge in [-0.2, -0.15) is 0 Å². The number of carbonyl (C=O) groups excluding carboxylic acids is 2. The zero-order valence-corrected chi connectivity index (χ0v) is 18.3. The van der Waals surface area contributed by atoms with E-state index in [1.54, 1.807) is 18.2 Å². The fraction of sp³-hybridized carbons (Fsp3) is 0.652. The molecule has 1 rings (SSSR count). The average Bonchev–Trinajstić information content (AvgIpc) is 2.65. The van der Waals surface area contributed by atoms with Gasteiger partial charge in [-0.3, -0.25) is 9.59 Å². The van der Waals surface area contributed by atoms with Crippen LogP contribution < -0.4 is 9.47 Å². The van der Waals surface area contributed by atoms with Crippen molar-refractivity contribution in [2.45, 2.75) is 87.0 Å². The summed E-state index contributed by atoms with van der Waals surface area (Å²) in [6, 6.07) is 5.16. The summed E-state index contributed by atoms with van der Waals surface area (Å²) in [5.41, 5.74) is 0.886. The molecule has 0 spiro atoms. The third kappa shape index (κ3) is 11.5. The molecule has 0 N–H and O–H groups in total. The Morgan fingerprint density at radius 2 is 1.19 bits per heavy atom. The van der Waals surface area contributed by atoms with Crippen LogP contribution in [0.3, 0.4) is 0 Å². The van der Waals surface area contributed by atoms with Gasteiger partial charge in [-0.25, -0.2) is 0 Å². The smallest absolute Gasteiger partial charge is 0.311 e. The van der Waals surface area contributed by atoms with Gasteiger partial charge in [0.1, 0.15) is 11.5 Å². The van der Waals surface area contributed by atoms with E-state index >= 15 is 0 Å². The second-order valence-corrected chi connectivity index (χ2v) is 7.03. The van der Waals surface area contributed by atoms with Crippen molar-refractivity contribution >= 4 is 11.9 Å². The highest BCUT2D eigenvalue weighted by Gasteiger charge is 2.12. The monoisotopic (exact) mass is 378 g/mol. The molecular weight excluding hydrogens is 340 g/mol. The molecule has 0 aliphatic carbocycles. The lowest BCUT2D eigenvalue weighted by molar-refractivity contribution is -0.135. The third-order valence-corrected chi connectivity index (χ3v) is 4.56. The number of ether oxygens (including phenoxy) is 2. The van der Waals surface area contributed by atoms with Gasteiger partial charge in [-0.05, 0) is 49.3 Å². The highest BCUT2D eigenvalue weighted by molar-refractivity contribution is 5.74. The zero-order valence-electron chi connectivity index (χ0n) is 18.3. The predicted octanol–water partition coefficient (Wildman–Crippen LogP) is 6.48. The molecule has 2 unspecified atom stereocenters. The molecular formula is C23H38O4. The first-order valence-corrected chi connectivity index (χ1v) is 10.4. The van der Waals surface area contributed by atoms with Gasteiger partial charge >= 0.3 is 11.9 Å². The quantitative estimate of drug-likeness (QED) is 0.345. The lowest BCUT2D eigenvalue weighted by atomic mass is 10.0. The highest BCUT2D eigenvalue weighted by atomic mass is 16.5.